The number of pyridine rings is 1. The lowest BCUT2D eigenvalue weighted by molar-refractivity contribution is 0.281. The lowest BCUT2D eigenvalue weighted by Crippen LogP contribution is -1.90. The van der Waals surface area contributed by atoms with Crippen LogP contribution in [0.4, 0.5) is 0 Å². The second-order valence-electron chi connectivity index (χ2n) is 1.97. The van der Waals surface area contributed by atoms with E-state index >= 15 is 0 Å². The van der Waals surface area contributed by atoms with Crippen molar-refractivity contribution in [2.24, 2.45) is 0 Å². The Morgan fingerprint density at radius 1 is 1.73 bits per heavy atom. The number of aliphatic hydroxyl groups excluding tert-OH is 1. The van der Waals surface area contributed by atoms with E-state index in [1.807, 2.05) is 0 Å². The minimum Gasteiger partial charge on any atom is -0.392 e. The summed E-state index contributed by atoms with van der Waals surface area (Å²) in [6.45, 7) is -0.109. The molecule has 56 valence electrons. The molecule has 11 heavy (non-hydrogen) atoms. The van der Waals surface area contributed by atoms with Crippen molar-refractivity contribution in [3.05, 3.63) is 28.5 Å². The van der Waals surface area contributed by atoms with E-state index in [1.165, 1.54) is 6.20 Å². The van der Waals surface area contributed by atoms with Crippen LogP contribution in [0, 0.1) is 12.3 Å². The van der Waals surface area contributed by atoms with Gasteiger partial charge in [-0.1, -0.05) is 17.5 Å². The molecule has 0 bridgehead atoms. The number of nitrogens with zero attached hydrogens (tertiary/aromatic N) is 1. The van der Waals surface area contributed by atoms with E-state index in [4.69, 9.17) is 23.1 Å². The average molecular weight is 168 g/mol. The number of hydrogen-bond acceptors (Lipinski definition) is 2. The summed E-state index contributed by atoms with van der Waals surface area (Å²) >= 11 is 5.56. The first-order valence-electron chi connectivity index (χ1n) is 3.00. The molecule has 1 aromatic heterocycles. The number of terminal acetylenes is 1. The molecule has 1 rings (SSSR count). The zero-order valence-electron chi connectivity index (χ0n) is 5.71. The van der Waals surface area contributed by atoms with E-state index in [2.05, 4.69) is 10.9 Å². The summed E-state index contributed by atoms with van der Waals surface area (Å²) in [5.41, 5.74) is 1.21. The van der Waals surface area contributed by atoms with Crippen LogP contribution < -0.4 is 0 Å². The van der Waals surface area contributed by atoms with Crippen molar-refractivity contribution < 1.29 is 5.11 Å². The SMILES string of the molecule is C#Cc1cnc(Cl)cc1CO. The Labute approximate surface area is 69.8 Å². The molecule has 0 radical (unpaired) electrons. The molecule has 0 aromatic carbocycles. The van der Waals surface area contributed by atoms with Crippen molar-refractivity contribution in [2.45, 2.75) is 6.61 Å². The molecule has 0 amide bonds. The number of rotatable bonds is 1. The highest BCUT2D eigenvalue weighted by molar-refractivity contribution is 6.29. The van der Waals surface area contributed by atoms with Crippen LogP contribution in [0.3, 0.4) is 0 Å². The molecule has 0 saturated heterocycles. The molecular weight excluding hydrogens is 162 g/mol. The van der Waals surface area contributed by atoms with E-state index < -0.39 is 0 Å². The second kappa shape index (κ2) is 3.38. The van der Waals surface area contributed by atoms with E-state index in [0.29, 0.717) is 16.3 Å². The van der Waals surface area contributed by atoms with Crippen molar-refractivity contribution in [2.75, 3.05) is 0 Å². The summed E-state index contributed by atoms with van der Waals surface area (Å²) in [7, 11) is 0. The summed E-state index contributed by atoms with van der Waals surface area (Å²) in [5, 5.41) is 9.13. The molecule has 0 spiro atoms. The smallest absolute Gasteiger partial charge is 0.129 e. The normalized spacial score (nSPS) is 9.18. The number of aliphatic hydroxyl groups is 1. The fourth-order valence-electron chi connectivity index (χ4n) is 0.729. The third-order valence-corrected chi connectivity index (χ3v) is 1.49. The van der Waals surface area contributed by atoms with Crippen LogP contribution in [-0.4, -0.2) is 10.1 Å². The number of hydrogen-bond donors (Lipinski definition) is 1. The van der Waals surface area contributed by atoms with Crippen LogP contribution in [0.15, 0.2) is 12.3 Å². The predicted molar refractivity (Wildman–Crippen MR) is 43.1 cm³/mol. The van der Waals surface area contributed by atoms with Gasteiger partial charge in [-0.2, -0.15) is 0 Å². The molecule has 0 aliphatic rings. The van der Waals surface area contributed by atoms with Crippen LogP contribution in [-0.2, 0) is 6.61 Å². The molecule has 0 saturated carbocycles. The first kappa shape index (κ1) is 8.06. The Bertz CT molecular complexity index is 303. The maximum Gasteiger partial charge on any atom is 0.129 e. The van der Waals surface area contributed by atoms with Crippen LogP contribution in [0.5, 0.6) is 0 Å². The largest absolute Gasteiger partial charge is 0.392 e. The number of halogens is 1. The van der Waals surface area contributed by atoms with Gasteiger partial charge in [0.25, 0.3) is 0 Å². The van der Waals surface area contributed by atoms with E-state index in [0.717, 1.165) is 0 Å². The monoisotopic (exact) mass is 167 g/mol. The molecule has 0 unspecified atom stereocenters. The standard InChI is InChI=1S/C8H6ClNO/c1-2-6-4-10-8(9)3-7(6)5-11/h1,3-4,11H,5H2. The van der Waals surface area contributed by atoms with Crippen LogP contribution in [0.2, 0.25) is 5.15 Å². The summed E-state index contributed by atoms with van der Waals surface area (Å²) in [6.07, 6.45) is 6.60. The minimum absolute atomic E-state index is 0.109. The third-order valence-electron chi connectivity index (χ3n) is 1.28. The molecule has 3 heteroatoms. The van der Waals surface area contributed by atoms with Crippen molar-refractivity contribution >= 4 is 11.6 Å². The quantitative estimate of drug-likeness (QED) is 0.504. The Morgan fingerprint density at radius 3 is 3.00 bits per heavy atom. The van der Waals surface area contributed by atoms with Gasteiger partial charge in [0.05, 0.1) is 6.61 Å². The summed E-state index contributed by atoms with van der Waals surface area (Å²) in [6, 6.07) is 1.55. The van der Waals surface area contributed by atoms with Gasteiger partial charge in [-0.3, -0.25) is 0 Å². The highest BCUT2D eigenvalue weighted by Gasteiger charge is 1.99. The lowest BCUT2D eigenvalue weighted by Gasteiger charge is -1.98. The Balaban J connectivity index is 3.19. The van der Waals surface area contributed by atoms with Gasteiger partial charge in [0.15, 0.2) is 0 Å². The fourth-order valence-corrected chi connectivity index (χ4v) is 0.909. The van der Waals surface area contributed by atoms with Gasteiger partial charge in [-0.05, 0) is 11.6 Å². The maximum atomic E-state index is 8.79. The second-order valence-corrected chi connectivity index (χ2v) is 2.35. The van der Waals surface area contributed by atoms with E-state index in [1.54, 1.807) is 6.07 Å². The lowest BCUT2D eigenvalue weighted by atomic mass is 10.1. The van der Waals surface area contributed by atoms with Crippen molar-refractivity contribution in [3.8, 4) is 12.3 Å². The van der Waals surface area contributed by atoms with Gasteiger partial charge < -0.3 is 5.11 Å². The molecule has 1 N–H and O–H groups in total. The molecule has 0 aliphatic carbocycles. The molecular formula is C8H6ClNO. The van der Waals surface area contributed by atoms with Crippen LogP contribution >= 0.6 is 11.6 Å². The fraction of sp³-hybridized carbons (Fsp3) is 0.125. The van der Waals surface area contributed by atoms with Crippen LogP contribution in [0.1, 0.15) is 11.1 Å². The molecule has 2 nitrogen and oxygen atoms in total. The van der Waals surface area contributed by atoms with E-state index in [9.17, 15) is 0 Å². The van der Waals surface area contributed by atoms with Crippen molar-refractivity contribution in [3.63, 3.8) is 0 Å². The molecule has 0 atom stereocenters. The Kier molecular flexibility index (Phi) is 2.48. The average Bonchev–Trinajstić information content (AvgIpc) is 2.04. The third kappa shape index (κ3) is 1.70. The van der Waals surface area contributed by atoms with Gasteiger partial charge in [0, 0.05) is 11.8 Å². The van der Waals surface area contributed by atoms with Gasteiger partial charge in [0.1, 0.15) is 5.15 Å². The predicted octanol–water partition coefficient (Wildman–Crippen LogP) is 1.21. The van der Waals surface area contributed by atoms with E-state index in [-0.39, 0.29) is 6.61 Å². The van der Waals surface area contributed by atoms with Gasteiger partial charge in [-0.15, -0.1) is 6.42 Å². The summed E-state index contributed by atoms with van der Waals surface area (Å²) in [4.78, 5) is 3.77. The van der Waals surface area contributed by atoms with Crippen molar-refractivity contribution in [1.82, 2.24) is 4.98 Å². The highest BCUT2D eigenvalue weighted by atomic mass is 35.5. The molecule has 0 fully saturated rings. The minimum atomic E-state index is -0.109. The first-order valence-corrected chi connectivity index (χ1v) is 3.37. The number of aromatic nitrogens is 1. The molecule has 1 aromatic rings. The Morgan fingerprint density at radius 2 is 2.45 bits per heavy atom. The van der Waals surface area contributed by atoms with Crippen LogP contribution in [0.25, 0.3) is 0 Å². The summed E-state index contributed by atoms with van der Waals surface area (Å²) in [5.74, 6) is 2.39. The summed E-state index contributed by atoms with van der Waals surface area (Å²) < 4.78 is 0. The maximum absolute atomic E-state index is 8.79. The van der Waals surface area contributed by atoms with Crippen molar-refractivity contribution in [1.29, 1.82) is 0 Å². The highest BCUT2D eigenvalue weighted by Crippen LogP contribution is 2.11. The zero-order chi connectivity index (χ0) is 8.27. The molecule has 1 heterocycles. The topological polar surface area (TPSA) is 33.1 Å². The molecule has 0 aliphatic heterocycles. The first-order chi connectivity index (χ1) is 5.27. The van der Waals surface area contributed by atoms with Gasteiger partial charge in [0.2, 0.25) is 0 Å². The Hall–Kier alpha value is -1.04. The van der Waals surface area contributed by atoms with Gasteiger partial charge in [-0.25, -0.2) is 4.98 Å². The zero-order valence-corrected chi connectivity index (χ0v) is 6.47. The van der Waals surface area contributed by atoms with Gasteiger partial charge >= 0.3 is 0 Å².